The maximum atomic E-state index is 12.6. The number of aliphatic hydroxyl groups is 1. The number of anilines is 1. The Morgan fingerprint density at radius 3 is 2.33 bits per heavy atom. The molecule has 152 valence electrons. The van der Waals surface area contributed by atoms with Gasteiger partial charge in [0, 0.05) is 31.6 Å². The lowest BCUT2D eigenvalue weighted by Gasteiger charge is -2.47. The third-order valence-electron chi connectivity index (χ3n) is 4.43. The van der Waals surface area contributed by atoms with Crippen molar-refractivity contribution in [2.24, 2.45) is 0 Å². The van der Waals surface area contributed by atoms with E-state index in [0.29, 0.717) is 19.6 Å². The molecule has 0 spiro atoms. The van der Waals surface area contributed by atoms with Crippen molar-refractivity contribution in [3.05, 3.63) is 24.3 Å². The monoisotopic (exact) mass is 398 g/mol. The van der Waals surface area contributed by atoms with Gasteiger partial charge in [0.15, 0.2) is 9.84 Å². The molecule has 1 aliphatic heterocycles. The van der Waals surface area contributed by atoms with Gasteiger partial charge in [0.2, 0.25) is 0 Å². The van der Waals surface area contributed by atoms with E-state index in [1.807, 2.05) is 11.0 Å². The van der Waals surface area contributed by atoms with Crippen LogP contribution in [0.2, 0.25) is 0 Å². The molecule has 1 aromatic rings. The van der Waals surface area contributed by atoms with E-state index in [4.69, 9.17) is 4.74 Å². The number of sulfone groups is 1. The summed E-state index contributed by atoms with van der Waals surface area (Å²) in [5, 5.41) is 10.6. The zero-order valence-corrected chi connectivity index (χ0v) is 17.7. The maximum Gasteiger partial charge on any atom is 0.410 e. The number of ether oxygens (including phenoxy) is 1. The Hall–Kier alpha value is -1.80. The average Bonchev–Trinajstić information content (AvgIpc) is 2.51. The molecule has 1 amide bonds. The van der Waals surface area contributed by atoms with Crippen LogP contribution in [0.15, 0.2) is 29.2 Å². The SMILES string of the molecule is CC(C)(C)OC(=O)N1CCN(c2cccc(S(C)(=O)=O)c2)C[C@H]1C(C)(C)O. The molecule has 1 saturated heterocycles. The van der Waals surface area contributed by atoms with Gasteiger partial charge in [-0.2, -0.15) is 0 Å². The number of piperazine rings is 1. The van der Waals surface area contributed by atoms with Gasteiger partial charge in [-0.25, -0.2) is 13.2 Å². The van der Waals surface area contributed by atoms with Crippen LogP contribution in [0.4, 0.5) is 10.5 Å². The second kappa shape index (κ2) is 7.31. The third-order valence-corrected chi connectivity index (χ3v) is 5.54. The molecule has 0 radical (unpaired) electrons. The summed E-state index contributed by atoms with van der Waals surface area (Å²) in [4.78, 5) is 16.4. The van der Waals surface area contributed by atoms with Crippen molar-refractivity contribution in [1.29, 1.82) is 0 Å². The number of nitrogens with zero attached hydrogens (tertiary/aromatic N) is 2. The lowest BCUT2D eigenvalue weighted by molar-refractivity contribution is -0.0406. The smallest absolute Gasteiger partial charge is 0.410 e. The standard InChI is InChI=1S/C19H30N2O5S/c1-18(2,3)26-17(22)21-11-10-20(13-16(21)19(4,5)23)14-8-7-9-15(12-14)27(6,24)25/h7-9,12,16,23H,10-11,13H2,1-6H3/t16-/m0/s1. The van der Waals surface area contributed by atoms with Gasteiger partial charge in [-0.3, -0.25) is 4.90 Å². The fourth-order valence-electron chi connectivity index (χ4n) is 3.07. The maximum absolute atomic E-state index is 12.6. The van der Waals surface area contributed by atoms with Crippen molar-refractivity contribution in [2.75, 3.05) is 30.8 Å². The number of hydrogen-bond acceptors (Lipinski definition) is 6. The average molecular weight is 399 g/mol. The Labute approximate surface area is 161 Å². The molecule has 0 unspecified atom stereocenters. The van der Waals surface area contributed by atoms with Crippen LogP contribution in [0.25, 0.3) is 0 Å². The molecule has 0 bridgehead atoms. The Balaban J connectivity index is 2.28. The van der Waals surface area contributed by atoms with Crippen LogP contribution in [0, 0.1) is 0 Å². The molecular weight excluding hydrogens is 368 g/mol. The minimum Gasteiger partial charge on any atom is -0.444 e. The Bertz CT molecular complexity index is 793. The normalized spacial score (nSPS) is 19.1. The van der Waals surface area contributed by atoms with Crippen LogP contribution >= 0.6 is 0 Å². The largest absolute Gasteiger partial charge is 0.444 e. The second-order valence-corrected chi connectivity index (χ2v) is 10.6. The predicted octanol–water partition coefficient (Wildman–Crippen LogP) is 2.29. The molecule has 1 fully saturated rings. The van der Waals surface area contributed by atoms with Crippen LogP contribution < -0.4 is 4.90 Å². The van der Waals surface area contributed by atoms with Crippen molar-refractivity contribution >= 4 is 21.6 Å². The fourth-order valence-corrected chi connectivity index (χ4v) is 3.73. The van der Waals surface area contributed by atoms with Gasteiger partial charge < -0.3 is 14.7 Å². The second-order valence-electron chi connectivity index (χ2n) is 8.56. The molecule has 1 N–H and O–H groups in total. The van der Waals surface area contributed by atoms with Crippen molar-refractivity contribution in [2.45, 2.75) is 56.8 Å². The Kier molecular flexibility index (Phi) is 5.82. The van der Waals surface area contributed by atoms with Gasteiger partial charge >= 0.3 is 6.09 Å². The molecular formula is C19H30N2O5S. The summed E-state index contributed by atoms with van der Waals surface area (Å²) < 4.78 is 29.2. The van der Waals surface area contributed by atoms with Gasteiger partial charge in [0.05, 0.1) is 16.5 Å². The summed E-state index contributed by atoms with van der Waals surface area (Å²) in [7, 11) is -3.31. The molecule has 1 aliphatic rings. The van der Waals surface area contributed by atoms with Crippen LogP contribution in [0.5, 0.6) is 0 Å². The van der Waals surface area contributed by atoms with Crippen LogP contribution in [-0.4, -0.2) is 67.7 Å². The molecule has 0 saturated carbocycles. The van der Waals surface area contributed by atoms with E-state index < -0.39 is 33.2 Å². The zero-order chi connectivity index (χ0) is 20.6. The highest BCUT2D eigenvalue weighted by molar-refractivity contribution is 7.90. The lowest BCUT2D eigenvalue weighted by atomic mass is 9.94. The third kappa shape index (κ3) is 5.59. The fraction of sp³-hybridized carbons (Fsp3) is 0.632. The summed E-state index contributed by atoms with van der Waals surface area (Å²) in [6.07, 6.45) is 0.714. The Morgan fingerprint density at radius 1 is 1.19 bits per heavy atom. The number of carbonyl (C=O) groups excluding carboxylic acids is 1. The topological polar surface area (TPSA) is 87.2 Å². The highest BCUT2D eigenvalue weighted by Gasteiger charge is 2.41. The van der Waals surface area contributed by atoms with E-state index in [9.17, 15) is 18.3 Å². The van der Waals surface area contributed by atoms with E-state index in [1.54, 1.807) is 57.7 Å². The number of amides is 1. The Morgan fingerprint density at radius 2 is 1.81 bits per heavy atom. The predicted molar refractivity (Wildman–Crippen MR) is 105 cm³/mol. The van der Waals surface area contributed by atoms with Crippen molar-refractivity contribution in [1.82, 2.24) is 4.90 Å². The van der Waals surface area contributed by atoms with Gasteiger partial charge in [-0.1, -0.05) is 6.07 Å². The number of benzene rings is 1. The summed E-state index contributed by atoms with van der Waals surface area (Å²) in [6.45, 7) is 9.98. The molecule has 0 aliphatic carbocycles. The van der Waals surface area contributed by atoms with Gasteiger partial charge in [-0.15, -0.1) is 0 Å². The minimum atomic E-state index is -3.31. The quantitative estimate of drug-likeness (QED) is 0.841. The van der Waals surface area contributed by atoms with Gasteiger partial charge in [-0.05, 0) is 52.8 Å². The molecule has 27 heavy (non-hydrogen) atoms. The molecule has 1 atom stereocenters. The van der Waals surface area contributed by atoms with E-state index in [0.717, 1.165) is 5.69 Å². The van der Waals surface area contributed by atoms with Gasteiger partial charge in [0.1, 0.15) is 5.60 Å². The molecule has 8 heteroatoms. The van der Waals surface area contributed by atoms with Crippen molar-refractivity contribution < 1.29 is 23.1 Å². The molecule has 2 rings (SSSR count). The molecule has 1 heterocycles. The van der Waals surface area contributed by atoms with E-state index >= 15 is 0 Å². The summed E-state index contributed by atoms with van der Waals surface area (Å²) in [6, 6.07) is 6.22. The zero-order valence-electron chi connectivity index (χ0n) is 16.9. The summed E-state index contributed by atoms with van der Waals surface area (Å²) >= 11 is 0. The molecule has 1 aromatic carbocycles. The summed E-state index contributed by atoms with van der Waals surface area (Å²) in [5.74, 6) is 0. The summed E-state index contributed by atoms with van der Waals surface area (Å²) in [5.41, 5.74) is -1.03. The minimum absolute atomic E-state index is 0.245. The van der Waals surface area contributed by atoms with Crippen LogP contribution in [0.3, 0.4) is 0 Å². The van der Waals surface area contributed by atoms with Crippen LogP contribution in [-0.2, 0) is 14.6 Å². The lowest BCUT2D eigenvalue weighted by Crippen LogP contribution is -2.63. The van der Waals surface area contributed by atoms with Gasteiger partial charge in [0.25, 0.3) is 0 Å². The van der Waals surface area contributed by atoms with E-state index in [-0.39, 0.29) is 4.90 Å². The molecule has 0 aromatic heterocycles. The first-order chi connectivity index (χ1) is 12.2. The highest BCUT2D eigenvalue weighted by Crippen LogP contribution is 2.27. The first kappa shape index (κ1) is 21.5. The number of carbonyl (C=O) groups is 1. The number of hydrogen-bond donors (Lipinski definition) is 1. The van der Waals surface area contributed by atoms with E-state index in [2.05, 4.69) is 0 Å². The number of rotatable bonds is 3. The van der Waals surface area contributed by atoms with Crippen LogP contribution in [0.1, 0.15) is 34.6 Å². The van der Waals surface area contributed by atoms with E-state index in [1.165, 1.54) is 6.26 Å². The first-order valence-corrected chi connectivity index (χ1v) is 10.8. The van der Waals surface area contributed by atoms with Crippen molar-refractivity contribution in [3.63, 3.8) is 0 Å². The first-order valence-electron chi connectivity index (χ1n) is 8.95. The highest BCUT2D eigenvalue weighted by atomic mass is 32.2. The molecule has 7 nitrogen and oxygen atoms in total. The van der Waals surface area contributed by atoms with Crippen molar-refractivity contribution in [3.8, 4) is 0 Å².